The Morgan fingerprint density at radius 2 is 1.97 bits per heavy atom. The van der Waals surface area contributed by atoms with Gasteiger partial charge in [-0.05, 0) is 41.9 Å². The largest absolute Gasteiger partial charge is 0.380 e. The van der Waals surface area contributed by atoms with Crippen molar-refractivity contribution in [2.75, 3.05) is 7.11 Å². The molecule has 0 amide bonds. The minimum Gasteiger partial charge on any atom is -0.380 e. The van der Waals surface area contributed by atoms with Crippen LogP contribution in [0.3, 0.4) is 0 Å². The first-order valence-electron chi connectivity index (χ1n) is 10.7. The quantitative estimate of drug-likeness (QED) is 0.411. The normalized spacial score (nSPS) is 13.1. The van der Waals surface area contributed by atoms with Gasteiger partial charge in [0.15, 0.2) is 6.29 Å². The second-order valence-electron chi connectivity index (χ2n) is 7.90. The fourth-order valence-corrected chi connectivity index (χ4v) is 3.65. The van der Waals surface area contributed by atoms with E-state index in [0.717, 1.165) is 30.0 Å². The number of carbonyl (C=O) groups excluding carboxylic acids is 1. The number of imidazole rings is 1. The Morgan fingerprint density at radius 1 is 1.16 bits per heavy atom. The fraction of sp³-hybridized carbons (Fsp3) is 0.320. The molecule has 1 aliphatic rings. The number of hydrogen-bond acceptors (Lipinski definition) is 4. The molecule has 0 atom stereocenters. The Balaban J connectivity index is 0.000000217. The van der Waals surface area contributed by atoms with Gasteiger partial charge in [0.2, 0.25) is 0 Å². The molecule has 1 aliphatic carbocycles. The van der Waals surface area contributed by atoms with Crippen LogP contribution < -0.4 is 0 Å². The van der Waals surface area contributed by atoms with Crippen molar-refractivity contribution in [2.24, 2.45) is 0 Å². The van der Waals surface area contributed by atoms with Crippen molar-refractivity contribution >= 4 is 11.9 Å². The third-order valence-corrected chi connectivity index (χ3v) is 5.40. The predicted octanol–water partition coefficient (Wildman–Crippen LogP) is 4.66. The van der Waals surface area contributed by atoms with Crippen LogP contribution >= 0.6 is 0 Å². The van der Waals surface area contributed by atoms with Crippen LogP contribution in [-0.4, -0.2) is 32.6 Å². The number of ether oxygens (including phenoxy) is 1. The van der Waals surface area contributed by atoms with Crippen LogP contribution in [0.15, 0.2) is 61.2 Å². The van der Waals surface area contributed by atoms with E-state index in [-0.39, 0.29) is 0 Å². The highest BCUT2D eigenvalue weighted by Crippen LogP contribution is 2.40. The summed E-state index contributed by atoms with van der Waals surface area (Å²) in [7, 11) is 1.70. The Bertz CT molecular complexity index is 1140. The van der Waals surface area contributed by atoms with Gasteiger partial charge in [0.25, 0.3) is 0 Å². The summed E-state index contributed by atoms with van der Waals surface area (Å²) in [5, 5.41) is 4.19. The Morgan fingerprint density at radius 3 is 2.61 bits per heavy atom. The van der Waals surface area contributed by atoms with Crippen molar-refractivity contribution in [3.63, 3.8) is 0 Å². The lowest BCUT2D eigenvalue weighted by molar-refractivity contribution is 0.112. The van der Waals surface area contributed by atoms with Gasteiger partial charge in [0.1, 0.15) is 5.65 Å². The molecule has 1 saturated carbocycles. The lowest BCUT2D eigenvalue weighted by atomic mass is 10.1. The molecule has 4 aromatic rings. The fourth-order valence-electron chi connectivity index (χ4n) is 3.65. The van der Waals surface area contributed by atoms with E-state index in [1.165, 1.54) is 29.5 Å². The summed E-state index contributed by atoms with van der Waals surface area (Å²) in [6.07, 6.45) is 12.0. The van der Waals surface area contributed by atoms with Crippen molar-refractivity contribution in [1.82, 2.24) is 19.2 Å². The number of aryl methyl sites for hydroxylation is 1. The molecular formula is C25H28N4O2. The van der Waals surface area contributed by atoms with Crippen LogP contribution in [0.2, 0.25) is 0 Å². The monoisotopic (exact) mass is 416 g/mol. The number of methoxy groups -OCH3 is 1. The van der Waals surface area contributed by atoms with Gasteiger partial charge in [-0.2, -0.15) is 5.10 Å². The van der Waals surface area contributed by atoms with Crippen LogP contribution in [0.1, 0.15) is 58.4 Å². The highest BCUT2D eigenvalue weighted by atomic mass is 16.5. The van der Waals surface area contributed by atoms with Crippen molar-refractivity contribution in [3.8, 4) is 0 Å². The highest BCUT2D eigenvalue weighted by Gasteiger charge is 2.24. The minimum atomic E-state index is 0.581. The standard InChI is InChI=1S/C17H18N4O.C8H10O/c1-2-13-5-15(14-3-4-14)8-20-9-16(19-17(13)20)10-21-7-12(11-22)6-18-21;1-9-7-8-5-3-2-4-6-8/h5-9,11,14H,2-4,10H2,1H3;2-6H,7H2,1H3. The van der Waals surface area contributed by atoms with E-state index in [9.17, 15) is 4.79 Å². The molecule has 1 aromatic carbocycles. The lowest BCUT2D eigenvalue weighted by Gasteiger charge is -2.05. The SMILES string of the molecule is CCc1cc(C2CC2)cn2cc(Cn3cc(C=O)cn3)nc12.COCc1ccccc1. The molecule has 0 saturated heterocycles. The topological polar surface area (TPSA) is 61.4 Å². The molecule has 3 heterocycles. The van der Waals surface area contributed by atoms with Gasteiger partial charge in [-0.3, -0.25) is 9.48 Å². The third-order valence-electron chi connectivity index (χ3n) is 5.40. The molecule has 31 heavy (non-hydrogen) atoms. The Labute approximate surface area is 182 Å². The smallest absolute Gasteiger partial charge is 0.153 e. The molecular weight excluding hydrogens is 388 g/mol. The van der Waals surface area contributed by atoms with Crippen LogP contribution in [-0.2, 0) is 24.3 Å². The van der Waals surface area contributed by atoms with Gasteiger partial charge in [0.05, 0.1) is 30.6 Å². The third kappa shape index (κ3) is 5.27. The summed E-state index contributed by atoms with van der Waals surface area (Å²) in [5.41, 5.74) is 6.53. The van der Waals surface area contributed by atoms with E-state index in [1.54, 1.807) is 24.2 Å². The first-order valence-corrected chi connectivity index (χ1v) is 10.7. The van der Waals surface area contributed by atoms with Crippen molar-refractivity contribution in [2.45, 2.75) is 45.3 Å². The van der Waals surface area contributed by atoms with Gasteiger partial charge >= 0.3 is 0 Å². The first kappa shape index (κ1) is 21.0. The van der Waals surface area contributed by atoms with Crippen LogP contribution in [0.4, 0.5) is 0 Å². The van der Waals surface area contributed by atoms with Crippen LogP contribution in [0.5, 0.6) is 0 Å². The number of hydrogen-bond donors (Lipinski definition) is 0. The van der Waals surface area contributed by atoms with Gasteiger partial charge in [-0.1, -0.05) is 43.3 Å². The van der Waals surface area contributed by atoms with Gasteiger partial charge in [0, 0.05) is 25.7 Å². The summed E-state index contributed by atoms with van der Waals surface area (Å²) in [6, 6.07) is 12.4. The zero-order chi connectivity index (χ0) is 21.6. The summed E-state index contributed by atoms with van der Waals surface area (Å²) < 4.78 is 8.82. The van der Waals surface area contributed by atoms with E-state index in [1.807, 2.05) is 30.3 Å². The number of nitrogens with zero attached hydrogens (tertiary/aromatic N) is 4. The molecule has 6 nitrogen and oxygen atoms in total. The van der Waals surface area contributed by atoms with E-state index in [2.05, 4.69) is 34.9 Å². The lowest BCUT2D eigenvalue weighted by Crippen LogP contribution is -1.99. The van der Waals surface area contributed by atoms with Crippen LogP contribution in [0, 0.1) is 0 Å². The summed E-state index contributed by atoms with van der Waals surface area (Å²) in [5.74, 6) is 0.738. The van der Waals surface area contributed by atoms with Gasteiger partial charge < -0.3 is 9.14 Å². The molecule has 0 radical (unpaired) electrons. The number of carbonyl (C=O) groups is 1. The summed E-state index contributed by atoms with van der Waals surface area (Å²) in [6.45, 7) is 3.46. The predicted molar refractivity (Wildman–Crippen MR) is 120 cm³/mol. The average Bonchev–Trinajstić information content (AvgIpc) is 3.42. The number of benzene rings is 1. The number of aromatic nitrogens is 4. The van der Waals surface area contributed by atoms with Crippen molar-refractivity contribution < 1.29 is 9.53 Å². The maximum atomic E-state index is 10.7. The molecule has 0 spiro atoms. The molecule has 160 valence electrons. The minimum absolute atomic E-state index is 0.581. The summed E-state index contributed by atoms with van der Waals surface area (Å²) >= 11 is 0. The molecule has 6 heteroatoms. The molecule has 0 bridgehead atoms. The van der Waals surface area contributed by atoms with Crippen LogP contribution in [0.25, 0.3) is 5.65 Å². The first-order chi connectivity index (χ1) is 15.2. The van der Waals surface area contributed by atoms with Crippen molar-refractivity contribution in [3.05, 3.63) is 89.1 Å². The van der Waals surface area contributed by atoms with Gasteiger partial charge in [-0.15, -0.1) is 0 Å². The number of aldehydes is 1. The highest BCUT2D eigenvalue weighted by molar-refractivity contribution is 5.73. The molecule has 3 aromatic heterocycles. The van der Waals surface area contributed by atoms with E-state index >= 15 is 0 Å². The zero-order valence-electron chi connectivity index (χ0n) is 18.1. The number of pyridine rings is 1. The number of fused-ring (bicyclic) bond motifs is 1. The zero-order valence-corrected chi connectivity index (χ0v) is 18.1. The van der Waals surface area contributed by atoms with E-state index in [4.69, 9.17) is 9.72 Å². The van der Waals surface area contributed by atoms with Gasteiger partial charge in [-0.25, -0.2) is 4.98 Å². The Kier molecular flexibility index (Phi) is 6.57. The maximum Gasteiger partial charge on any atom is 0.153 e. The second kappa shape index (κ2) is 9.71. The second-order valence-corrected chi connectivity index (χ2v) is 7.90. The maximum absolute atomic E-state index is 10.7. The average molecular weight is 417 g/mol. The molecule has 5 rings (SSSR count). The molecule has 0 unspecified atom stereocenters. The molecule has 0 aliphatic heterocycles. The molecule has 1 fully saturated rings. The van der Waals surface area contributed by atoms with E-state index in [0.29, 0.717) is 18.7 Å². The number of rotatable bonds is 7. The van der Waals surface area contributed by atoms with E-state index < -0.39 is 0 Å². The van der Waals surface area contributed by atoms with Crippen molar-refractivity contribution in [1.29, 1.82) is 0 Å². The summed E-state index contributed by atoms with van der Waals surface area (Å²) in [4.78, 5) is 15.5. The molecule has 0 N–H and O–H groups in total. The Hall–Kier alpha value is -3.25.